The van der Waals surface area contributed by atoms with Gasteiger partial charge in [-0.1, -0.05) is 152 Å². The summed E-state index contributed by atoms with van der Waals surface area (Å²) in [4.78, 5) is 4.90. The van der Waals surface area contributed by atoms with Gasteiger partial charge in [-0.15, -0.1) is 23.6 Å². The van der Waals surface area contributed by atoms with Gasteiger partial charge >= 0.3 is 27.1 Å². The summed E-state index contributed by atoms with van der Waals surface area (Å²) < 4.78 is 45.6. The van der Waals surface area contributed by atoms with E-state index in [1.165, 1.54) is 17.7 Å². The Bertz CT molecular complexity index is 4180. The first kappa shape index (κ1) is 45.6. The SMILES string of the molecule is CC(C)(C)c1ccnc(-n2c3[c-]c(Oc4[c-]c([N+]5=C=[N+](c6c(-c7ccccc7)cccc6-c6cc(F)cc(F)c6)c6ccccc65)cc(-n5c6ccccc6c6ccccc65)c4)ccc3c3ccccc32)c1.[Pt+2]. The first-order valence-electron chi connectivity index (χ1n) is 23.9. The van der Waals surface area contributed by atoms with Gasteiger partial charge in [-0.25, -0.2) is 13.8 Å². The first-order valence-corrected chi connectivity index (χ1v) is 23.9. The van der Waals surface area contributed by atoms with Crippen molar-refractivity contribution in [1.29, 1.82) is 0 Å². The smallest absolute Gasteiger partial charge is 0.509 e. The number of aromatic nitrogens is 3. The van der Waals surface area contributed by atoms with Gasteiger partial charge in [0.15, 0.2) is 0 Å². The van der Waals surface area contributed by atoms with E-state index < -0.39 is 11.6 Å². The molecule has 0 N–H and O–H groups in total. The van der Waals surface area contributed by atoms with E-state index in [-0.39, 0.29) is 26.5 Å². The van der Waals surface area contributed by atoms with Gasteiger partial charge in [0.05, 0.1) is 22.2 Å². The van der Waals surface area contributed by atoms with Gasteiger partial charge in [-0.3, -0.25) is 0 Å². The molecule has 1 aliphatic rings. The second-order valence-electron chi connectivity index (χ2n) is 19.1. The molecule has 0 amide bonds. The molecule has 0 aliphatic carbocycles. The van der Waals surface area contributed by atoms with E-state index in [9.17, 15) is 0 Å². The second-order valence-corrected chi connectivity index (χ2v) is 19.1. The average molecular weight is 1130 g/mol. The normalized spacial score (nSPS) is 12.3. The minimum absolute atomic E-state index is 0. The van der Waals surface area contributed by atoms with Crippen LogP contribution in [0.1, 0.15) is 26.3 Å². The minimum atomic E-state index is -0.661. The Morgan fingerprint density at radius 2 is 1.11 bits per heavy atom. The fourth-order valence-corrected chi connectivity index (χ4v) is 10.3. The Morgan fingerprint density at radius 3 is 1.78 bits per heavy atom. The summed E-state index contributed by atoms with van der Waals surface area (Å²) in [5, 5.41) is 4.35. The maximum atomic E-state index is 15.1. The molecule has 4 heterocycles. The molecule has 0 atom stereocenters. The van der Waals surface area contributed by atoms with E-state index in [2.05, 4.69) is 139 Å². The van der Waals surface area contributed by atoms with Crippen LogP contribution in [0.4, 0.5) is 31.5 Å². The van der Waals surface area contributed by atoms with Crippen LogP contribution in [0.25, 0.3) is 77.4 Å². The molecule has 12 aromatic rings. The third kappa shape index (κ3) is 7.88. The van der Waals surface area contributed by atoms with Gasteiger partial charge in [0.1, 0.15) is 23.1 Å². The van der Waals surface area contributed by atoms with Crippen molar-refractivity contribution in [2.24, 2.45) is 0 Å². The quantitative estimate of drug-likeness (QED) is 0.112. The summed E-state index contributed by atoms with van der Waals surface area (Å²) in [6, 6.07) is 76.2. The maximum Gasteiger partial charge on any atom is 2.00 e. The molecule has 9 aromatic carbocycles. The fraction of sp³-hybridized carbons (Fsp3) is 0.0625. The monoisotopic (exact) mass is 1130 g/mol. The van der Waals surface area contributed by atoms with E-state index in [1.807, 2.05) is 106 Å². The fourth-order valence-electron chi connectivity index (χ4n) is 10.3. The minimum Gasteiger partial charge on any atom is -0.509 e. The molecule has 0 fully saturated rings. The van der Waals surface area contributed by atoms with Gasteiger partial charge < -0.3 is 13.9 Å². The Balaban J connectivity index is 0.00000543. The molecule has 9 heteroatoms. The number of hydrogen-bond donors (Lipinski definition) is 0. The Labute approximate surface area is 434 Å². The molecule has 1 aliphatic heterocycles. The number of benzene rings is 9. The maximum absolute atomic E-state index is 15.1. The average Bonchev–Trinajstić information content (AvgIpc) is 4.06. The molecule has 0 unspecified atom stereocenters. The molecular formula is C64H43F2N5OPt+2. The summed E-state index contributed by atoms with van der Waals surface area (Å²) in [5.74, 6) is 0.428. The molecule has 0 bridgehead atoms. The molecule has 6 nitrogen and oxygen atoms in total. The van der Waals surface area contributed by atoms with Crippen LogP contribution in [0.15, 0.2) is 206 Å². The first-order chi connectivity index (χ1) is 35.1. The van der Waals surface area contributed by atoms with Crippen LogP contribution in [-0.4, -0.2) is 20.1 Å². The number of hydrogen-bond acceptors (Lipinski definition) is 2. The summed E-state index contributed by atoms with van der Waals surface area (Å²) in [6.45, 7) is 6.62. The van der Waals surface area contributed by atoms with Gasteiger partial charge in [-0.2, -0.15) is 6.07 Å². The van der Waals surface area contributed by atoms with Crippen LogP contribution < -0.4 is 13.9 Å². The number of para-hydroxylation sites is 6. The molecule has 13 rings (SSSR count). The Kier molecular flexibility index (Phi) is 11.2. The van der Waals surface area contributed by atoms with Crippen molar-refractivity contribution in [3.8, 4) is 45.3 Å². The van der Waals surface area contributed by atoms with E-state index in [1.54, 1.807) is 0 Å². The van der Waals surface area contributed by atoms with E-state index in [4.69, 9.17) is 9.72 Å². The van der Waals surface area contributed by atoms with E-state index in [0.717, 1.165) is 83.7 Å². The molecule has 73 heavy (non-hydrogen) atoms. The number of pyridine rings is 1. The second kappa shape index (κ2) is 17.9. The third-order valence-corrected chi connectivity index (χ3v) is 13.6. The third-order valence-electron chi connectivity index (χ3n) is 13.6. The van der Waals surface area contributed by atoms with Gasteiger partial charge in [0.25, 0.3) is 11.4 Å². The van der Waals surface area contributed by atoms with Crippen LogP contribution >= 0.6 is 0 Å². The van der Waals surface area contributed by atoms with Crippen molar-refractivity contribution in [3.63, 3.8) is 0 Å². The zero-order valence-electron chi connectivity index (χ0n) is 39.8. The van der Waals surface area contributed by atoms with Crippen molar-refractivity contribution in [1.82, 2.24) is 23.3 Å². The zero-order chi connectivity index (χ0) is 48.7. The summed E-state index contributed by atoms with van der Waals surface area (Å²) in [7, 11) is 0. The predicted molar refractivity (Wildman–Crippen MR) is 287 cm³/mol. The number of nitrogens with zero attached hydrogens (tertiary/aromatic N) is 5. The summed E-state index contributed by atoms with van der Waals surface area (Å²) in [6.07, 6.45) is 1.88. The van der Waals surface area contributed by atoms with E-state index in [0.29, 0.717) is 34.0 Å². The molecule has 0 saturated carbocycles. The number of fused-ring (bicyclic) bond motifs is 7. The van der Waals surface area contributed by atoms with Crippen LogP contribution in [-0.2, 0) is 26.5 Å². The van der Waals surface area contributed by atoms with Crippen molar-refractivity contribution < 1.29 is 34.6 Å². The Hall–Kier alpha value is -8.54. The van der Waals surface area contributed by atoms with Crippen molar-refractivity contribution in [2.75, 3.05) is 0 Å². The predicted octanol–water partition coefficient (Wildman–Crippen LogP) is 16.4. The van der Waals surface area contributed by atoms with Crippen molar-refractivity contribution >= 4 is 72.4 Å². The molecular weight excluding hydrogens is 1090 g/mol. The number of rotatable bonds is 8. The van der Waals surface area contributed by atoms with Gasteiger partial charge in [-0.05, 0) is 86.7 Å². The molecule has 0 saturated heterocycles. The van der Waals surface area contributed by atoms with Crippen LogP contribution in [0.2, 0.25) is 0 Å². The summed E-state index contributed by atoms with van der Waals surface area (Å²) >= 11 is 0. The Morgan fingerprint density at radius 1 is 0.521 bits per heavy atom. The molecule has 3 aromatic heterocycles. The standard InChI is InChI=1S/C64H43F2N5O.Pt/c1-64(2,3)43-30-31-67-62(34-43)71-58-25-12-9-20-54(58)55-29-28-48(39-61(55)71)72-49-37-46(36-47(38-49)70-56-23-10-7-18-52(56)53-19-8-11-24-57(53)70)68-40-69(60-27-14-13-26-59(60)68)63-50(41-16-5-4-6-17-41)21-15-22-51(63)42-32-44(65)35-45(66)33-42;/h4-36,38H,1-3H3;/q;+2. The number of ether oxygens (including phenoxy) is 1. The van der Waals surface area contributed by atoms with Crippen molar-refractivity contribution in [2.45, 2.75) is 26.2 Å². The van der Waals surface area contributed by atoms with Crippen molar-refractivity contribution in [3.05, 3.63) is 236 Å². The topological polar surface area (TPSA) is 38.0 Å². The van der Waals surface area contributed by atoms with Crippen LogP contribution in [0, 0.1) is 23.8 Å². The number of halogens is 2. The van der Waals surface area contributed by atoms with Crippen LogP contribution in [0.5, 0.6) is 11.5 Å². The molecule has 0 radical (unpaired) electrons. The van der Waals surface area contributed by atoms with Crippen LogP contribution in [0.3, 0.4) is 0 Å². The van der Waals surface area contributed by atoms with Gasteiger partial charge in [0.2, 0.25) is 5.69 Å². The summed E-state index contributed by atoms with van der Waals surface area (Å²) in [5.41, 5.74) is 11.7. The van der Waals surface area contributed by atoms with Gasteiger partial charge in [0, 0.05) is 52.2 Å². The zero-order valence-corrected chi connectivity index (χ0v) is 42.1. The van der Waals surface area contributed by atoms with E-state index >= 15 is 8.78 Å². The largest absolute Gasteiger partial charge is 2.00 e. The molecule has 0 spiro atoms. The molecule has 352 valence electrons.